The smallest absolute Gasteiger partial charge is 0.258 e. The van der Waals surface area contributed by atoms with E-state index in [2.05, 4.69) is 16.4 Å². The largest absolute Gasteiger partial charge is 0.398 e. The van der Waals surface area contributed by atoms with Crippen LogP contribution in [0.1, 0.15) is 48.5 Å². The topological polar surface area (TPSA) is 98.3 Å². The lowest BCUT2D eigenvalue weighted by molar-refractivity contribution is 0.0787. The van der Waals surface area contributed by atoms with Crippen molar-refractivity contribution in [2.24, 2.45) is 5.41 Å². The molecule has 2 aromatic rings. The molecule has 2 atom stereocenters. The molecule has 2 heterocycles. The van der Waals surface area contributed by atoms with E-state index in [1.165, 1.54) is 11.1 Å². The van der Waals surface area contributed by atoms with Crippen molar-refractivity contribution in [3.63, 3.8) is 0 Å². The highest BCUT2D eigenvalue weighted by Crippen LogP contribution is 2.57. The molecule has 0 radical (unpaired) electrons. The summed E-state index contributed by atoms with van der Waals surface area (Å²) in [5.41, 5.74) is 6.67. The summed E-state index contributed by atoms with van der Waals surface area (Å²) in [7, 11) is 5.57. The van der Waals surface area contributed by atoms with Crippen molar-refractivity contribution in [3.8, 4) is 17.2 Å². The van der Waals surface area contributed by atoms with E-state index < -0.39 is 17.1 Å². The Kier molecular flexibility index (Phi) is 6.69. The number of nitriles is 1. The number of nitrogens with zero attached hydrogens (tertiary/aromatic N) is 4. The van der Waals surface area contributed by atoms with Gasteiger partial charge in [0.2, 0.25) is 0 Å². The number of carbonyl (C=O) groups excluding carboxylic acids is 1. The highest BCUT2D eigenvalue weighted by molar-refractivity contribution is 6.34. The van der Waals surface area contributed by atoms with E-state index in [1.807, 2.05) is 25.9 Å². The van der Waals surface area contributed by atoms with Crippen LogP contribution >= 0.6 is 11.6 Å². The molecule has 0 saturated heterocycles. The highest BCUT2D eigenvalue weighted by Gasteiger charge is 2.52. The molecule has 1 spiro atoms. The molecule has 1 saturated carbocycles. The number of hydrogen-bond acceptors (Lipinski definition) is 6. The first-order valence-electron chi connectivity index (χ1n) is 11.8. The van der Waals surface area contributed by atoms with Crippen molar-refractivity contribution >= 4 is 29.0 Å². The molecule has 2 aliphatic rings. The molecule has 4 rings (SSSR count). The van der Waals surface area contributed by atoms with Gasteiger partial charge in [0.1, 0.15) is 11.6 Å². The Bertz CT molecular complexity index is 1210. The lowest BCUT2D eigenvalue weighted by Gasteiger charge is -2.26. The Morgan fingerprint density at radius 2 is 2.03 bits per heavy atom. The van der Waals surface area contributed by atoms with Crippen molar-refractivity contribution in [2.75, 3.05) is 51.8 Å². The number of aromatic nitrogens is 1. The van der Waals surface area contributed by atoms with Crippen LogP contribution in [0.15, 0.2) is 18.3 Å². The third kappa shape index (κ3) is 4.43. The molecular formula is C26H32ClFN6O. The van der Waals surface area contributed by atoms with Gasteiger partial charge in [-0.1, -0.05) is 11.6 Å². The Balaban J connectivity index is 1.72. The zero-order chi connectivity index (χ0) is 25.5. The Hall–Kier alpha value is -2.89. The number of rotatable bonds is 6. The van der Waals surface area contributed by atoms with E-state index in [1.54, 1.807) is 19.2 Å². The number of hydrogen-bond donors (Lipinski definition) is 2. The molecule has 9 heteroatoms. The predicted octanol–water partition coefficient (Wildman–Crippen LogP) is 4.52. The van der Waals surface area contributed by atoms with Gasteiger partial charge in [-0.05, 0) is 65.4 Å². The van der Waals surface area contributed by atoms with Crippen LogP contribution in [0.3, 0.4) is 0 Å². The molecule has 1 fully saturated rings. The molecule has 3 N–H and O–H groups in total. The number of nitrogen functional groups attached to an aromatic ring is 1. The second-order valence-corrected chi connectivity index (χ2v) is 10.8. The van der Waals surface area contributed by atoms with Gasteiger partial charge in [0, 0.05) is 54.1 Å². The first-order valence-corrected chi connectivity index (χ1v) is 12.2. The van der Waals surface area contributed by atoms with E-state index in [4.69, 9.17) is 17.3 Å². The van der Waals surface area contributed by atoms with Crippen LogP contribution in [-0.2, 0) is 5.41 Å². The summed E-state index contributed by atoms with van der Waals surface area (Å²) in [5, 5.41) is 13.4. The minimum absolute atomic E-state index is 0.0830. The van der Waals surface area contributed by atoms with Crippen LogP contribution in [0.5, 0.6) is 0 Å². The monoisotopic (exact) mass is 498 g/mol. The zero-order valence-electron chi connectivity index (χ0n) is 20.7. The number of pyridine rings is 1. The Labute approximate surface area is 211 Å². The number of halogens is 2. The molecule has 1 amide bonds. The number of fused-ring (bicyclic) bond motifs is 2. The van der Waals surface area contributed by atoms with Gasteiger partial charge in [-0.25, -0.2) is 9.37 Å². The standard InChI is InChI=1S/C26H32ClFN6O/c1-25(14-29)8-9-26(13-25)15-32-23-20(26)21(27)17(12-31-23)16-6-7-18(30)19(22(16)28)24(35)34(4)11-5-10-33(2)3/h6-7,12H,5,8-11,13,15,30H2,1-4H3,(H,31,32)/t25-,26+/m1/s1. The number of benzene rings is 1. The van der Waals surface area contributed by atoms with Crippen molar-refractivity contribution in [3.05, 3.63) is 40.3 Å². The van der Waals surface area contributed by atoms with Gasteiger partial charge in [0.25, 0.3) is 5.91 Å². The first-order chi connectivity index (χ1) is 16.5. The zero-order valence-corrected chi connectivity index (χ0v) is 21.5. The maximum Gasteiger partial charge on any atom is 0.258 e. The molecule has 1 aromatic heterocycles. The lowest BCUT2D eigenvalue weighted by atomic mass is 9.77. The van der Waals surface area contributed by atoms with Gasteiger partial charge < -0.3 is 20.9 Å². The summed E-state index contributed by atoms with van der Waals surface area (Å²) in [6.07, 6.45) is 4.52. The fourth-order valence-electron chi connectivity index (χ4n) is 5.47. The predicted molar refractivity (Wildman–Crippen MR) is 137 cm³/mol. The molecule has 1 aliphatic heterocycles. The number of anilines is 2. The second kappa shape index (κ2) is 9.29. The molecule has 0 unspecified atom stereocenters. The third-order valence-electron chi connectivity index (χ3n) is 7.42. The maximum absolute atomic E-state index is 15.9. The minimum atomic E-state index is -0.702. The maximum atomic E-state index is 15.9. The number of nitrogens with one attached hydrogen (secondary N) is 1. The molecule has 7 nitrogen and oxygen atoms in total. The summed E-state index contributed by atoms with van der Waals surface area (Å²) in [5.74, 6) is -0.496. The van der Waals surface area contributed by atoms with E-state index in [0.717, 1.165) is 31.4 Å². The van der Waals surface area contributed by atoms with Crippen LogP contribution in [0.2, 0.25) is 5.02 Å². The summed E-state index contributed by atoms with van der Waals surface area (Å²) in [6, 6.07) is 5.53. The quantitative estimate of drug-likeness (QED) is 0.568. The second-order valence-electron chi connectivity index (χ2n) is 10.5. The normalized spacial score (nSPS) is 22.8. The van der Waals surface area contributed by atoms with Gasteiger partial charge >= 0.3 is 0 Å². The summed E-state index contributed by atoms with van der Waals surface area (Å²) < 4.78 is 15.9. The number of carbonyl (C=O) groups is 1. The van der Waals surface area contributed by atoms with E-state index in [-0.39, 0.29) is 22.2 Å². The van der Waals surface area contributed by atoms with Gasteiger partial charge in [-0.3, -0.25) is 4.79 Å². The van der Waals surface area contributed by atoms with E-state index >= 15 is 4.39 Å². The molecule has 1 aliphatic carbocycles. The third-order valence-corrected chi connectivity index (χ3v) is 7.81. The fraction of sp³-hybridized carbons (Fsp3) is 0.500. The van der Waals surface area contributed by atoms with Crippen molar-refractivity contribution in [1.29, 1.82) is 5.26 Å². The average molecular weight is 499 g/mol. The van der Waals surface area contributed by atoms with Crippen molar-refractivity contribution < 1.29 is 9.18 Å². The number of nitrogens with two attached hydrogens (primary N) is 1. The molecule has 0 bridgehead atoms. The SMILES string of the molecule is CN(C)CCCN(C)C(=O)c1c(N)ccc(-c2cnc3c(c2Cl)[C@]2(CC[C@@](C)(C#N)C2)CN3)c1F. The minimum Gasteiger partial charge on any atom is -0.398 e. The van der Waals surface area contributed by atoms with E-state index in [9.17, 15) is 10.1 Å². The average Bonchev–Trinajstić information content (AvgIpc) is 3.35. The van der Waals surface area contributed by atoms with Gasteiger partial charge in [-0.15, -0.1) is 0 Å². The molecule has 1 aromatic carbocycles. The first kappa shape index (κ1) is 25.2. The van der Waals surface area contributed by atoms with Gasteiger partial charge in [-0.2, -0.15) is 5.26 Å². The van der Waals surface area contributed by atoms with Crippen molar-refractivity contribution in [1.82, 2.24) is 14.8 Å². The molecule has 35 heavy (non-hydrogen) atoms. The van der Waals surface area contributed by atoms with Crippen LogP contribution in [0.4, 0.5) is 15.9 Å². The van der Waals surface area contributed by atoms with E-state index in [0.29, 0.717) is 35.9 Å². The molecule has 186 valence electrons. The summed E-state index contributed by atoms with van der Waals surface area (Å²) in [6.45, 7) is 3.90. The van der Waals surface area contributed by atoms with Gasteiger partial charge in [0.05, 0.1) is 22.1 Å². The molecular weight excluding hydrogens is 467 g/mol. The summed E-state index contributed by atoms with van der Waals surface area (Å²) >= 11 is 6.94. The van der Waals surface area contributed by atoms with Crippen LogP contribution in [-0.4, -0.2) is 61.5 Å². The van der Waals surface area contributed by atoms with Crippen LogP contribution < -0.4 is 11.1 Å². The lowest BCUT2D eigenvalue weighted by Crippen LogP contribution is -2.31. The van der Waals surface area contributed by atoms with Crippen LogP contribution in [0, 0.1) is 22.6 Å². The fourth-order valence-corrected chi connectivity index (χ4v) is 5.91. The van der Waals surface area contributed by atoms with Crippen LogP contribution in [0.25, 0.3) is 11.1 Å². The number of amides is 1. The van der Waals surface area contributed by atoms with Gasteiger partial charge in [0.15, 0.2) is 0 Å². The summed E-state index contributed by atoms with van der Waals surface area (Å²) in [4.78, 5) is 21.2. The Morgan fingerprint density at radius 1 is 1.29 bits per heavy atom. The van der Waals surface area contributed by atoms with Crippen molar-refractivity contribution in [2.45, 2.75) is 38.0 Å². The Morgan fingerprint density at radius 3 is 2.69 bits per heavy atom. The highest BCUT2D eigenvalue weighted by atomic mass is 35.5.